The molecule has 2 heterocycles. The Morgan fingerprint density at radius 2 is 1.96 bits per heavy atom. The molecule has 1 aromatic heterocycles. The summed E-state index contributed by atoms with van der Waals surface area (Å²) in [6.45, 7) is 1.50. The molecular weight excluding hydrogens is 330 g/mol. The third kappa shape index (κ3) is 3.51. The number of hydrogen-bond donors (Lipinski definition) is 1. The summed E-state index contributed by atoms with van der Waals surface area (Å²) in [5.74, 6) is 0.213. The number of fused-ring (bicyclic) bond motifs is 1. The highest BCUT2D eigenvalue weighted by Crippen LogP contribution is 2.36. The molecule has 0 radical (unpaired) electrons. The van der Waals surface area contributed by atoms with Crippen LogP contribution in [0.4, 0.5) is 5.69 Å². The highest BCUT2D eigenvalue weighted by atomic mass is 32.1. The number of amides is 1. The molecule has 1 aliphatic heterocycles. The van der Waals surface area contributed by atoms with Crippen molar-refractivity contribution in [3.8, 4) is 0 Å². The number of thiazole rings is 1. The van der Waals surface area contributed by atoms with Crippen LogP contribution < -0.4 is 5.32 Å². The van der Waals surface area contributed by atoms with Crippen molar-refractivity contribution in [1.29, 1.82) is 0 Å². The van der Waals surface area contributed by atoms with Gasteiger partial charge in [-0.1, -0.05) is 30.3 Å². The summed E-state index contributed by atoms with van der Waals surface area (Å²) >= 11 is 1.72. The fourth-order valence-electron chi connectivity index (χ4n) is 3.37. The molecule has 0 aliphatic carbocycles. The van der Waals surface area contributed by atoms with Gasteiger partial charge in [0.25, 0.3) is 0 Å². The highest BCUT2D eigenvalue weighted by Gasteiger charge is 2.31. The van der Waals surface area contributed by atoms with Crippen molar-refractivity contribution >= 4 is 33.1 Å². The number of carbonyl (C=O) groups excluding carboxylic acids is 1. The minimum Gasteiger partial charge on any atom is -0.385 e. The summed E-state index contributed by atoms with van der Waals surface area (Å²) in [6.07, 6.45) is 2.58. The zero-order valence-electron chi connectivity index (χ0n) is 14.0. The van der Waals surface area contributed by atoms with Crippen LogP contribution >= 0.6 is 11.3 Å². The summed E-state index contributed by atoms with van der Waals surface area (Å²) in [5.41, 5.74) is 2.09. The first kappa shape index (κ1) is 16.1. The zero-order valence-corrected chi connectivity index (χ0v) is 14.8. The maximum atomic E-state index is 12.7. The maximum absolute atomic E-state index is 12.7. The molecule has 1 atom stereocenters. The number of para-hydroxylation sites is 2. The molecule has 25 heavy (non-hydrogen) atoms. The van der Waals surface area contributed by atoms with E-state index >= 15 is 0 Å². The monoisotopic (exact) mass is 351 g/mol. The predicted molar refractivity (Wildman–Crippen MR) is 103 cm³/mol. The second-order valence-corrected chi connectivity index (χ2v) is 7.37. The molecule has 0 saturated carbocycles. The van der Waals surface area contributed by atoms with Crippen LogP contribution in [-0.2, 0) is 4.79 Å². The molecule has 0 bridgehead atoms. The molecule has 5 heteroatoms. The number of carbonyl (C=O) groups is 1. The quantitative estimate of drug-likeness (QED) is 0.738. The van der Waals surface area contributed by atoms with E-state index in [4.69, 9.17) is 4.98 Å². The highest BCUT2D eigenvalue weighted by molar-refractivity contribution is 7.18. The van der Waals surface area contributed by atoms with Crippen LogP contribution in [0.5, 0.6) is 0 Å². The molecule has 4 nitrogen and oxygen atoms in total. The van der Waals surface area contributed by atoms with Crippen molar-refractivity contribution in [1.82, 2.24) is 9.88 Å². The van der Waals surface area contributed by atoms with Gasteiger partial charge in [0.15, 0.2) is 0 Å². The number of anilines is 1. The fourth-order valence-corrected chi connectivity index (χ4v) is 4.48. The van der Waals surface area contributed by atoms with Crippen LogP contribution in [0.15, 0.2) is 54.6 Å². The van der Waals surface area contributed by atoms with E-state index in [1.807, 2.05) is 53.4 Å². The Hall–Kier alpha value is -2.40. The van der Waals surface area contributed by atoms with Crippen LogP contribution in [0.1, 0.15) is 30.3 Å². The average Bonchev–Trinajstić information content (AvgIpc) is 3.29. The number of likely N-dealkylation sites (tertiary alicyclic amines) is 1. The van der Waals surface area contributed by atoms with Crippen molar-refractivity contribution in [2.45, 2.75) is 25.3 Å². The smallest absolute Gasteiger partial charge is 0.224 e. The average molecular weight is 351 g/mol. The van der Waals surface area contributed by atoms with E-state index in [0.717, 1.165) is 35.6 Å². The molecule has 3 aromatic rings. The summed E-state index contributed by atoms with van der Waals surface area (Å²) in [5, 5.41) is 4.39. The number of nitrogens with one attached hydrogen (secondary N) is 1. The van der Waals surface area contributed by atoms with Gasteiger partial charge in [0.05, 0.1) is 16.3 Å². The Morgan fingerprint density at radius 1 is 1.16 bits per heavy atom. The normalized spacial score (nSPS) is 17.1. The van der Waals surface area contributed by atoms with Gasteiger partial charge in [-0.3, -0.25) is 4.79 Å². The Balaban J connectivity index is 1.41. The molecule has 2 aromatic carbocycles. The van der Waals surface area contributed by atoms with Crippen LogP contribution in [0, 0.1) is 0 Å². The Morgan fingerprint density at radius 3 is 2.80 bits per heavy atom. The molecule has 1 N–H and O–H groups in total. The molecule has 0 spiro atoms. The summed E-state index contributed by atoms with van der Waals surface area (Å²) in [4.78, 5) is 19.5. The Bertz CT molecular complexity index is 829. The molecule has 1 saturated heterocycles. The standard InChI is InChI=1S/C20H21N3OS/c24-19(12-13-21-15-7-2-1-3-8-15)23-14-6-10-17(23)20-22-16-9-4-5-11-18(16)25-20/h1-5,7-9,11,17,21H,6,10,12-14H2/t17-/m0/s1. The van der Waals surface area contributed by atoms with Gasteiger partial charge < -0.3 is 10.2 Å². The van der Waals surface area contributed by atoms with E-state index < -0.39 is 0 Å². The van der Waals surface area contributed by atoms with Gasteiger partial charge >= 0.3 is 0 Å². The van der Waals surface area contributed by atoms with Crippen molar-refractivity contribution in [3.05, 3.63) is 59.6 Å². The number of rotatable bonds is 5. The van der Waals surface area contributed by atoms with Gasteiger partial charge in [-0.15, -0.1) is 11.3 Å². The minimum absolute atomic E-state index is 0.140. The van der Waals surface area contributed by atoms with Gasteiger partial charge in [-0.05, 0) is 37.1 Å². The number of hydrogen-bond acceptors (Lipinski definition) is 4. The lowest BCUT2D eigenvalue weighted by atomic mass is 10.2. The van der Waals surface area contributed by atoms with Gasteiger partial charge in [0.1, 0.15) is 5.01 Å². The molecular formula is C20H21N3OS. The zero-order chi connectivity index (χ0) is 17.1. The number of benzene rings is 2. The third-order valence-corrected chi connectivity index (χ3v) is 5.75. The molecule has 1 fully saturated rings. The lowest BCUT2D eigenvalue weighted by Gasteiger charge is -2.23. The van der Waals surface area contributed by atoms with E-state index in [1.54, 1.807) is 11.3 Å². The third-order valence-electron chi connectivity index (χ3n) is 4.61. The van der Waals surface area contributed by atoms with E-state index in [1.165, 1.54) is 4.70 Å². The first-order chi connectivity index (χ1) is 12.3. The molecule has 1 amide bonds. The van der Waals surface area contributed by atoms with Crippen LogP contribution in [0.3, 0.4) is 0 Å². The van der Waals surface area contributed by atoms with Crippen molar-refractivity contribution < 1.29 is 4.79 Å². The van der Waals surface area contributed by atoms with E-state index in [2.05, 4.69) is 11.4 Å². The van der Waals surface area contributed by atoms with Crippen LogP contribution in [0.25, 0.3) is 10.2 Å². The first-order valence-electron chi connectivity index (χ1n) is 8.75. The van der Waals surface area contributed by atoms with Gasteiger partial charge in [0.2, 0.25) is 5.91 Å². The van der Waals surface area contributed by atoms with E-state index in [-0.39, 0.29) is 11.9 Å². The molecule has 4 rings (SSSR count). The van der Waals surface area contributed by atoms with Crippen LogP contribution in [0.2, 0.25) is 0 Å². The first-order valence-corrected chi connectivity index (χ1v) is 9.57. The maximum Gasteiger partial charge on any atom is 0.224 e. The predicted octanol–water partition coefficient (Wildman–Crippen LogP) is 4.46. The van der Waals surface area contributed by atoms with Crippen molar-refractivity contribution in [2.24, 2.45) is 0 Å². The summed E-state index contributed by atoms with van der Waals surface area (Å²) in [6, 6.07) is 18.3. The van der Waals surface area contributed by atoms with Gasteiger partial charge in [0, 0.05) is 25.2 Å². The summed E-state index contributed by atoms with van der Waals surface area (Å²) < 4.78 is 1.20. The van der Waals surface area contributed by atoms with Gasteiger partial charge in [-0.2, -0.15) is 0 Å². The molecule has 1 aliphatic rings. The van der Waals surface area contributed by atoms with Crippen LogP contribution in [-0.4, -0.2) is 28.9 Å². The minimum atomic E-state index is 0.140. The lowest BCUT2D eigenvalue weighted by molar-refractivity contribution is -0.131. The largest absolute Gasteiger partial charge is 0.385 e. The number of aromatic nitrogens is 1. The van der Waals surface area contributed by atoms with E-state index in [9.17, 15) is 4.79 Å². The SMILES string of the molecule is O=C(CCNc1ccccc1)N1CCC[C@H]1c1nc2ccccc2s1. The Labute approximate surface area is 151 Å². The molecule has 128 valence electrons. The molecule has 0 unspecified atom stereocenters. The fraction of sp³-hybridized carbons (Fsp3) is 0.300. The Kier molecular flexibility index (Phi) is 4.65. The second kappa shape index (κ2) is 7.23. The van der Waals surface area contributed by atoms with E-state index in [0.29, 0.717) is 13.0 Å². The second-order valence-electron chi connectivity index (χ2n) is 6.31. The van der Waals surface area contributed by atoms with Crippen molar-refractivity contribution in [2.75, 3.05) is 18.4 Å². The number of nitrogens with zero attached hydrogens (tertiary/aromatic N) is 2. The van der Waals surface area contributed by atoms with Crippen molar-refractivity contribution in [3.63, 3.8) is 0 Å². The van der Waals surface area contributed by atoms with Gasteiger partial charge in [-0.25, -0.2) is 4.98 Å². The summed E-state index contributed by atoms with van der Waals surface area (Å²) in [7, 11) is 0. The lowest BCUT2D eigenvalue weighted by Crippen LogP contribution is -2.31. The topological polar surface area (TPSA) is 45.2 Å².